The summed E-state index contributed by atoms with van der Waals surface area (Å²) in [5.74, 6) is -0.172. The van der Waals surface area contributed by atoms with Crippen molar-refractivity contribution in [1.82, 2.24) is 20.8 Å². The van der Waals surface area contributed by atoms with Gasteiger partial charge in [0.05, 0.1) is 5.56 Å². The third-order valence-electron chi connectivity index (χ3n) is 4.74. The van der Waals surface area contributed by atoms with Crippen LogP contribution in [0.4, 0.5) is 11.6 Å². The minimum absolute atomic E-state index is 0.234. The molecule has 0 fully saturated rings. The minimum Gasteiger partial charge on any atom is -0.352 e. The van der Waals surface area contributed by atoms with Crippen LogP contribution in [-0.4, -0.2) is 33.5 Å². The Kier molecular flexibility index (Phi) is 11.1. The molecule has 2 amide bonds. The molecule has 0 spiro atoms. The first-order chi connectivity index (χ1) is 16.1. The molecule has 2 aromatic rings. The van der Waals surface area contributed by atoms with Gasteiger partial charge in [0, 0.05) is 36.7 Å². The maximum atomic E-state index is 12.4. The summed E-state index contributed by atoms with van der Waals surface area (Å²) in [6, 6.07) is 9.73. The van der Waals surface area contributed by atoms with Crippen LogP contribution in [0.3, 0.4) is 0 Å². The molecule has 0 atom stereocenters. The van der Waals surface area contributed by atoms with Crippen LogP contribution in [0.5, 0.6) is 0 Å². The van der Waals surface area contributed by atoms with Crippen LogP contribution >= 0.6 is 0 Å². The van der Waals surface area contributed by atoms with E-state index >= 15 is 0 Å². The summed E-state index contributed by atoms with van der Waals surface area (Å²) in [5, 5.41) is 11.3. The van der Waals surface area contributed by atoms with E-state index in [-0.39, 0.29) is 11.8 Å². The second-order valence-electron chi connectivity index (χ2n) is 7.23. The predicted molar refractivity (Wildman–Crippen MR) is 129 cm³/mol. The highest BCUT2D eigenvalue weighted by atomic mass is 16.5. The molecule has 2 rings (SSSR count). The third kappa shape index (κ3) is 8.34. The van der Waals surface area contributed by atoms with Gasteiger partial charge >= 0.3 is 0 Å². The first-order valence-electron chi connectivity index (χ1n) is 10.9. The molecule has 0 saturated carbocycles. The molecule has 0 aliphatic heterocycles. The van der Waals surface area contributed by atoms with E-state index < -0.39 is 0 Å². The van der Waals surface area contributed by atoms with E-state index in [4.69, 9.17) is 5.21 Å². The number of allylic oxidation sites excluding steroid dienone is 4. The fourth-order valence-electron chi connectivity index (χ4n) is 3.13. The molecule has 33 heavy (non-hydrogen) atoms. The van der Waals surface area contributed by atoms with E-state index in [1.807, 2.05) is 60.4 Å². The van der Waals surface area contributed by atoms with Gasteiger partial charge in [-0.15, -0.1) is 0 Å². The Hall–Kier alpha value is -3.78. The van der Waals surface area contributed by atoms with Gasteiger partial charge in [-0.1, -0.05) is 49.8 Å². The highest BCUT2D eigenvalue weighted by Crippen LogP contribution is 2.27. The van der Waals surface area contributed by atoms with Crippen molar-refractivity contribution < 1.29 is 14.8 Å². The summed E-state index contributed by atoms with van der Waals surface area (Å²) in [6.45, 7) is 6.25. The van der Waals surface area contributed by atoms with Crippen molar-refractivity contribution in [3.63, 3.8) is 0 Å². The van der Waals surface area contributed by atoms with Crippen molar-refractivity contribution in [3.05, 3.63) is 84.9 Å². The van der Waals surface area contributed by atoms with Gasteiger partial charge in [0.2, 0.25) is 11.9 Å². The topological polar surface area (TPSA) is 107 Å². The van der Waals surface area contributed by atoms with Crippen molar-refractivity contribution in [3.8, 4) is 0 Å². The van der Waals surface area contributed by atoms with Crippen LogP contribution in [0.2, 0.25) is 0 Å². The molecule has 1 aromatic heterocycles. The number of hydrogen-bond donors (Lipinski definition) is 3. The van der Waals surface area contributed by atoms with Gasteiger partial charge in [-0.2, -0.15) is 0 Å². The molecule has 174 valence electrons. The van der Waals surface area contributed by atoms with E-state index in [0.29, 0.717) is 30.9 Å². The second kappa shape index (κ2) is 14.3. The molecular weight excluding hydrogens is 418 g/mol. The Labute approximate surface area is 194 Å². The summed E-state index contributed by atoms with van der Waals surface area (Å²) in [5.41, 5.74) is 3.73. The average molecular weight is 450 g/mol. The van der Waals surface area contributed by atoms with Crippen LogP contribution in [0, 0.1) is 0 Å². The number of para-hydroxylation sites is 1. The number of unbranched alkanes of at least 4 members (excludes halogenated alkanes) is 3. The standard InChI is InChI=1S/C25H31N5O3/c1-3-12-21(13-4-2)30(22-14-8-7-9-15-22)25-27-18-20(19-28-25)24(32)26-17-11-6-5-10-16-23(31)29-33/h3-4,7-9,12-15,18-19,33H,1,5-6,10-11,16-17H2,2H3,(H,26,32)(H,29,31)/b13-4-,21-12+. The molecule has 8 heteroatoms. The zero-order valence-electron chi connectivity index (χ0n) is 18.9. The minimum atomic E-state index is -0.379. The van der Waals surface area contributed by atoms with Crippen molar-refractivity contribution in [2.24, 2.45) is 0 Å². The monoisotopic (exact) mass is 449 g/mol. The van der Waals surface area contributed by atoms with E-state index in [2.05, 4.69) is 21.9 Å². The van der Waals surface area contributed by atoms with Crippen LogP contribution in [-0.2, 0) is 4.79 Å². The SMILES string of the molecule is C=C/C=C(\C=C/C)N(c1ccccc1)c1ncc(C(=O)NCCCCCCC(=O)NO)cn1. The highest BCUT2D eigenvalue weighted by molar-refractivity contribution is 5.93. The molecule has 0 aliphatic rings. The molecule has 8 nitrogen and oxygen atoms in total. The van der Waals surface area contributed by atoms with Crippen molar-refractivity contribution >= 4 is 23.5 Å². The number of nitrogens with zero attached hydrogens (tertiary/aromatic N) is 3. The molecular formula is C25H31N5O3. The smallest absolute Gasteiger partial charge is 0.254 e. The number of hydrogen-bond acceptors (Lipinski definition) is 6. The Bertz CT molecular complexity index is 956. The van der Waals surface area contributed by atoms with Gasteiger partial charge < -0.3 is 5.32 Å². The first kappa shape index (κ1) is 25.5. The number of rotatable bonds is 13. The Morgan fingerprint density at radius 3 is 2.42 bits per heavy atom. The molecule has 1 heterocycles. The molecule has 0 aliphatic carbocycles. The van der Waals surface area contributed by atoms with E-state index in [0.717, 1.165) is 30.6 Å². The lowest BCUT2D eigenvalue weighted by Crippen LogP contribution is -2.25. The zero-order chi connectivity index (χ0) is 23.9. The second-order valence-corrected chi connectivity index (χ2v) is 7.23. The van der Waals surface area contributed by atoms with Gasteiger partial charge in [0.25, 0.3) is 5.91 Å². The maximum absolute atomic E-state index is 12.4. The van der Waals surface area contributed by atoms with Crippen LogP contribution in [0.15, 0.2) is 79.3 Å². The molecule has 0 unspecified atom stereocenters. The number of nitrogens with one attached hydrogen (secondary N) is 2. The van der Waals surface area contributed by atoms with Gasteiger partial charge in [-0.05, 0) is 44.1 Å². The Balaban J connectivity index is 1.99. The maximum Gasteiger partial charge on any atom is 0.254 e. The third-order valence-corrected chi connectivity index (χ3v) is 4.74. The average Bonchev–Trinajstić information content (AvgIpc) is 2.84. The summed E-state index contributed by atoms with van der Waals surface area (Å²) in [7, 11) is 0. The van der Waals surface area contributed by atoms with E-state index in [9.17, 15) is 9.59 Å². The number of benzene rings is 1. The van der Waals surface area contributed by atoms with Crippen molar-refractivity contribution in [2.75, 3.05) is 11.4 Å². The van der Waals surface area contributed by atoms with Crippen molar-refractivity contribution in [2.45, 2.75) is 39.0 Å². The zero-order valence-corrected chi connectivity index (χ0v) is 18.9. The summed E-state index contributed by atoms with van der Waals surface area (Å²) < 4.78 is 0. The molecule has 1 aromatic carbocycles. The summed E-state index contributed by atoms with van der Waals surface area (Å²) in [6.07, 6.45) is 14.0. The molecule has 3 N–H and O–H groups in total. The molecule has 0 bridgehead atoms. The quantitative estimate of drug-likeness (QED) is 0.181. The number of carbonyl (C=O) groups excluding carboxylic acids is 2. The summed E-state index contributed by atoms with van der Waals surface area (Å²) >= 11 is 0. The normalized spacial score (nSPS) is 11.3. The summed E-state index contributed by atoms with van der Waals surface area (Å²) in [4.78, 5) is 34.2. The predicted octanol–water partition coefficient (Wildman–Crippen LogP) is 4.45. The number of aromatic nitrogens is 2. The Morgan fingerprint density at radius 2 is 1.79 bits per heavy atom. The van der Waals surface area contributed by atoms with Crippen LogP contribution < -0.4 is 15.7 Å². The fourth-order valence-corrected chi connectivity index (χ4v) is 3.13. The lowest BCUT2D eigenvalue weighted by Gasteiger charge is -2.23. The van der Waals surface area contributed by atoms with Gasteiger partial charge in [-0.25, -0.2) is 15.4 Å². The fraction of sp³-hybridized carbons (Fsp3) is 0.280. The van der Waals surface area contributed by atoms with Crippen LogP contribution in [0.1, 0.15) is 49.4 Å². The highest BCUT2D eigenvalue weighted by Gasteiger charge is 2.16. The number of hydroxylamine groups is 1. The number of amides is 2. The van der Waals surface area contributed by atoms with E-state index in [1.54, 1.807) is 11.6 Å². The molecule has 0 saturated heterocycles. The van der Waals surface area contributed by atoms with Crippen molar-refractivity contribution in [1.29, 1.82) is 0 Å². The number of carbonyl (C=O) groups is 2. The van der Waals surface area contributed by atoms with Crippen LogP contribution in [0.25, 0.3) is 0 Å². The molecule has 0 radical (unpaired) electrons. The van der Waals surface area contributed by atoms with E-state index in [1.165, 1.54) is 12.4 Å². The number of anilines is 2. The first-order valence-corrected chi connectivity index (χ1v) is 10.9. The van der Waals surface area contributed by atoms with Gasteiger partial charge in [0.15, 0.2) is 0 Å². The Morgan fingerprint density at radius 1 is 1.09 bits per heavy atom. The lowest BCUT2D eigenvalue weighted by molar-refractivity contribution is -0.129. The lowest BCUT2D eigenvalue weighted by atomic mass is 10.1. The van der Waals surface area contributed by atoms with Gasteiger partial charge in [0.1, 0.15) is 0 Å². The van der Waals surface area contributed by atoms with Gasteiger partial charge in [-0.3, -0.25) is 19.7 Å². The largest absolute Gasteiger partial charge is 0.352 e.